The highest BCUT2D eigenvalue weighted by Crippen LogP contribution is 2.19. The van der Waals surface area contributed by atoms with Crippen molar-refractivity contribution in [3.63, 3.8) is 0 Å². The van der Waals surface area contributed by atoms with Gasteiger partial charge in [0.25, 0.3) is 0 Å². The van der Waals surface area contributed by atoms with Crippen LogP contribution in [0.5, 0.6) is 0 Å². The number of hydrogen-bond donors (Lipinski definition) is 2. The second-order valence-corrected chi connectivity index (χ2v) is 5.14. The van der Waals surface area contributed by atoms with Crippen molar-refractivity contribution in [1.29, 1.82) is 0 Å². The first-order valence-corrected chi connectivity index (χ1v) is 6.61. The number of anilines is 1. The second kappa shape index (κ2) is 5.82. The molecule has 1 saturated heterocycles. The number of carbonyl (C=O) groups excluding carboxylic acids is 2. The SMILES string of the molecule is CC(C)c1cncc(NC(=O)C2CCCNC2=O)c1. The lowest BCUT2D eigenvalue weighted by molar-refractivity contribution is -0.134. The standard InChI is InChI=1S/C14H19N3O2/c1-9(2)10-6-11(8-15-7-10)17-14(19)12-4-3-5-16-13(12)18/h6-9,12H,3-5H2,1-2H3,(H,16,18)(H,17,19). The molecule has 0 radical (unpaired) electrons. The lowest BCUT2D eigenvalue weighted by Gasteiger charge is -2.21. The molecule has 1 aliphatic heterocycles. The van der Waals surface area contributed by atoms with Gasteiger partial charge in [-0.05, 0) is 30.4 Å². The first-order chi connectivity index (χ1) is 9.08. The first kappa shape index (κ1) is 13.5. The predicted octanol–water partition coefficient (Wildman–Crippen LogP) is 1.67. The Hall–Kier alpha value is -1.91. The van der Waals surface area contributed by atoms with Crippen molar-refractivity contribution in [1.82, 2.24) is 10.3 Å². The van der Waals surface area contributed by atoms with E-state index in [0.717, 1.165) is 12.0 Å². The minimum atomic E-state index is -0.587. The highest BCUT2D eigenvalue weighted by atomic mass is 16.2. The van der Waals surface area contributed by atoms with Gasteiger partial charge in [-0.1, -0.05) is 13.8 Å². The molecule has 1 unspecified atom stereocenters. The minimum Gasteiger partial charge on any atom is -0.355 e. The zero-order valence-corrected chi connectivity index (χ0v) is 11.3. The Labute approximate surface area is 112 Å². The maximum Gasteiger partial charge on any atom is 0.236 e. The summed E-state index contributed by atoms with van der Waals surface area (Å²) in [4.78, 5) is 27.8. The molecule has 102 valence electrons. The summed E-state index contributed by atoms with van der Waals surface area (Å²) in [5.41, 5.74) is 1.71. The van der Waals surface area contributed by atoms with Crippen molar-refractivity contribution < 1.29 is 9.59 Å². The van der Waals surface area contributed by atoms with E-state index in [-0.39, 0.29) is 11.8 Å². The molecule has 0 spiro atoms. The third kappa shape index (κ3) is 3.30. The maximum atomic E-state index is 12.1. The van der Waals surface area contributed by atoms with Gasteiger partial charge >= 0.3 is 0 Å². The van der Waals surface area contributed by atoms with Gasteiger partial charge in [0.2, 0.25) is 11.8 Å². The molecule has 5 heteroatoms. The van der Waals surface area contributed by atoms with Crippen LogP contribution in [0.3, 0.4) is 0 Å². The number of nitrogens with zero attached hydrogens (tertiary/aromatic N) is 1. The van der Waals surface area contributed by atoms with E-state index in [1.54, 1.807) is 12.4 Å². The molecule has 19 heavy (non-hydrogen) atoms. The number of pyridine rings is 1. The van der Waals surface area contributed by atoms with Gasteiger partial charge in [-0.3, -0.25) is 14.6 Å². The van der Waals surface area contributed by atoms with E-state index in [0.29, 0.717) is 24.6 Å². The van der Waals surface area contributed by atoms with Crippen LogP contribution >= 0.6 is 0 Å². The normalized spacial score (nSPS) is 19.1. The van der Waals surface area contributed by atoms with Gasteiger partial charge in [0, 0.05) is 12.7 Å². The van der Waals surface area contributed by atoms with Crippen LogP contribution in [-0.2, 0) is 9.59 Å². The Morgan fingerprint density at radius 1 is 1.47 bits per heavy atom. The number of hydrogen-bond acceptors (Lipinski definition) is 3. The lowest BCUT2D eigenvalue weighted by atomic mass is 9.97. The molecular formula is C14H19N3O2. The van der Waals surface area contributed by atoms with Gasteiger partial charge in [-0.2, -0.15) is 0 Å². The van der Waals surface area contributed by atoms with Crippen LogP contribution in [0.2, 0.25) is 0 Å². The number of amides is 2. The summed E-state index contributed by atoms with van der Waals surface area (Å²) in [5, 5.41) is 5.49. The van der Waals surface area contributed by atoms with Gasteiger partial charge in [-0.25, -0.2) is 0 Å². The van der Waals surface area contributed by atoms with Crippen molar-refractivity contribution in [2.24, 2.45) is 5.92 Å². The number of piperidine rings is 1. The van der Waals surface area contributed by atoms with Crippen LogP contribution in [0, 0.1) is 5.92 Å². The summed E-state index contributed by atoms with van der Waals surface area (Å²) in [6, 6.07) is 1.90. The third-order valence-electron chi connectivity index (χ3n) is 3.30. The Morgan fingerprint density at radius 3 is 2.95 bits per heavy atom. The number of carbonyl (C=O) groups is 2. The van der Waals surface area contributed by atoms with Gasteiger partial charge in [0.1, 0.15) is 5.92 Å². The molecule has 2 heterocycles. The summed E-state index contributed by atoms with van der Waals surface area (Å²) in [6.07, 6.45) is 4.83. The Balaban J connectivity index is 2.06. The fourth-order valence-electron chi connectivity index (χ4n) is 2.09. The average Bonchev–Trinajstić information content (AvgIpc) is 2.39. The number of rotatable bonds is 3. The smallest absolute Gasteiger partial charge is 0.236 e. The van der Waals surface area contributed by atoms with E-state index in [1.165, 1.54) is 0 Å². The van der Waals surface area contributed by atoms with Crippen molar-refractivity contribution >= 4 is 17.5 Å². The quantitative estimate of drug-likeness (QED) is 0.813. The van der Waals surface area contributed by atoms with Crippen molar-refractivity contribution in [3.05, 3.63) is 24.0 Å². The fourth-order valence-corrected chi connectivity index (χ4v) is 2.09. The summed E-state index contributed by atoms with van der Waals surface area (Å²) < 4.78 is 0. The molecule has 0 aromatic carbocycles. The predicted molar refractivity (Wildman–Crippen MR) is 72.7 cm³/mol. The van der Waals surface area contributed by atoms with E-state index in [9.17, 15) is 9.59 Å². The molecule has 1 aromatic rings. The van der Waals surface area contributed by atoms with E-state index in [1.807, 2.05) is 6.07 Å². The molecule has 5 nitrogen and oxygen atoms in total. The van der Waals surface area contributed by atoms with Gasteiger partial charge in [0.05, 0.1) is 11.9 Å². The first-order valence-electron chi connectivity index (χ1n) is 6.61. The number of aromatic nitrogens is 1. The summed E-state index contributed by atoms with van der Waals surface area (Å²) in [6.45, 7) is 4.79. The molecule has 2 rings (SSSR count). The Morgan fingerprint density at radius 2 is 2.26 bits per heavy atom. The van der Waals surface area contributed by atoms with Gasteiger partial charge in [0.15, 0.2) is 0 Å². The van der Waals surface area contributed by atoms with Crippen molar-refractivity contribution in [2.75, 3.05) is 11.9 Å². The van der Waals surface area contributed by atoms with E-state index >= 15 is 0 Å². The molecule has 2 N–H and O–H groups in total. The lowest BCUT2D eigenvalue weighted by Crippen LogP contribution is -2.42. The Kier molecular flexibility index (Phi) is 4.14. The molecule has 1 aliphatic rings. The topological polar surface area (TPSA) is 71.1 Å². The minimum absolute atomic E-state index is 0.184. The van der Waals surface area contributed by atoms with Gasteiger partial charge in [-0.15, -0.1) is 0 Å². The largest absolute Gasteiger partial charge is 0.355 e. The molecule has 2 amide bonds. The van der Waals surface area contributed by atoms with Crippen LogP contribution in [0.15, 0.2) is 18.5 Å². The van der Waals surface area contributed by atoms with Crippen molar-refractivity contribution in [3.8, 4) is 0 Å². The van der Waals surface area contributed by atoms with Crippen LogP contribution in [0.1, 0.15) is 38.2 Å². The van der Waals surface area contributed by atoms with E-state index in [4.69, 9.17) is 0 Å². The molecule has 1 atom stereocenters. The molecule has 0 aliphatic carbocycles. The molecule has 1 fully saturated rings. The molecule has 1 aromatic heterocycles. The zero-order chi connectivity index (χ0) is 13.8. The van der Waals surface area contributed by atoms with E-state index in [2.05, 4.69) is 29.5 Å². The van der Waals surface area contributed by atoms with Crippen LogP contribution in [0.4, 0.5) is 5.69 Å². The monoisotopic (exact) mass is 261 g/mol. The molecule has 0 bridgehead atoms. The highest BCUT2D eigenvalue weighted by molar-refractivity contribution is 6.06. The summed E-state index contributed by atoms with van der Waals surface area (Å²) in [5.74, 6) is -0.671. The Bertz CT molecular complexity index is 485. The summed E-state index contributed by atoms with van der Waals surface area (Å²) in [7, 11) is 0. The average molecular weight is 261 g/mol. The second-order valence-electron chi connectivity index (χ2n) is 5.14. The highest BCUT2D eigenvalue weighted by Gasteiger charge is 2.28. The number of nitrogens with one attached hydrogen (secondary N) is 2. The van der Waals surface area contributed by atoms with Crippen LogP contribution in [0.25, 0.3) is 0 Å². The fraction of sp³-hybridized carbons (Fsp3) is 0.500. The summed E-state index contributed by atoms with van der Waals surface area (Å²) >= 11 is 0. The van der Waals surface area contributed by atoms with Crippen LogP contribution < -0.4 is 10.6 Å². The van der Waals surface area contributed by atoms with Gasteiger partial charge < -0.3 is 10.6 Å². The molecular weight excluding hydrogens is 242 g/mol. The van der Waals surface area contributed by atoms with E-state index < -0.39 is 5.92 Å². The van der Waals surface area contributed by atoms with Crippen molar-refractivity contribution in [2.45, 2.75) is 32.6 Å². The zero-order valence-electron chi connectivity index (χ0n) is 11.3. The molecule has 0 saturated carbocycles. The third-order valence-corrected chi connectivity index (χ3v) is 3.30. The maximum absolute atomic E-state index is 12.1. The van der Waals surface area contributed by atoms with Crippen LogP contribution in [-0.4, -0.2) is 23.3 Å².